The molecule has 0 unspecified atom stereocenters. The quantitative estimate of drug-likeness (QED) is 0.129. The summed E-state index contributed by atoms with van der Waals surface area (Å²) in [6.07, 6.45) is 4.87. The minimum absolute atomic E-state index is 0. The number of benzene rings is 3. The van der Waals surface area contributed by atoms with Crippen LogP contribution in [-0.4, -0.2) is 18.0 Å². The van der Waals surface area contributed by atoms with E-state index in [1.807, 2.05) is 66.7 Å². The van der Waals surface area contributed by atoms with E-state index in [0.29, 0.717) is 22.7 Å². The van der Waals surface area contributed by atoms with Crippen LogP contribution in [0.1, 0.15) is 29.1 Å². The summed E-state index contributed by atoms with van der Waals surface area (Å²) in [7, 11) is -1.34. The molecule has 0 aliphatic carbocycles. The Morgan fingerprint density at radius 3 is 1.88 bits per heavy atom. The van der Waals surface area contributed by atoms with Crippen molar-refractivity contribution in [2.75, 3.05) is 0 Å². The van der Waals surface area contributed by atoms with Crippen LogP contribution in [0.25, 0.3) is 33.6 Å². The van der Waals surface area contributed by atoms with Crippen molar-refractivity contribution in [1.29, 1.82) is 0 Å². The first kappa shape index (κ1) is 27.0. The number of pyridine rings is 2. The molecule has 0 fully saturated rings. The molecule has 0 aliphatic heterocycles. The third-order valence-corrected chi connectivity index (χ3v) is 8.45. The molecule has 0 saturated heterocycles. The van der Waals surface area contributed by atoms with E-state index in [2.05, 4.69) is 73.9 Å². The van der Waals surface area contributed by atoms with Crippen molar-refractivity contribution in [3.05, 3.63) is 127 Å². The Morgan fingerprint density at radius 2 is 1.35 bits per heavy atom. The first-order valence-corrected chi connectivity index (χ1v) is 16.9. The van der Waals surface area contributed by atoms with Crippen molar-refractivity contribution < 1.29 is 24.2 Å². The number of hydrogen-bond acceptors (Lipinski definition) is 2. The second-order valence-corrected chi connectivity index (χ2v) is 16.1. The van der Waals surface area contributed by atoms with Gasteiger partial charge in [0.1, 0.15) is 0 Å². The summed E-state index contributed by atoms with van der Waals surface area (Å²) in [5.41, 5.74) is 6.80. The van der Waals surface area contributed by atoms with Crippen LogP contribution in [0.3, 0.4) is 0 Å². The van der Waals surface area contributed by atoms with Crippen LogP contribution in [0.2, 0.25) is 19.6 Å². The maximum atomic E-state index is 7.82. The summed E-state index contributed by atoms with van der Waals surface area (Å²) in [6, 6.07) is 35.2. The second kappa shape index (κ2) is 14.5. The summed E-state index contributed by atoms with van der Waals surface area (Å²) in [6.45, 7) is 9.54. The molecule has 207 valence electrons. The average Bonchev–Trinajstić information content (AvgIpc) is 2.97. The molecule has 2 aromatic heterocycles. The molecule has 40 heavy (non-hydrogen) atoms. The van der Waals surface area contributed by atoms with Crippen LogP contribution in [0.5, 0.6) is 0 Å². The standard InChI is InChI=1S/C18H24NSi.C18H14N.Ir/c1-14(2)11-16-12-17(15-9-7-6-8-10-15)19-13-18(16)20(3,4)5;1-14-12-18(16-10-6-3-7-11-16)19-13-17(14)15-8-4-2-5-9-15;/h6-9,12-14H,11H2,1-5H3;2-10,12-13H,1H3;/q2*-1;/i;1D3;. The fourth-order valence-electron chi connectivity index (χ4n) is 4.48. The SMILES string of the molecule is CC(C)Cc1cc(-c2[c-]cccc2)ncc1[Si](C)(C)C.[2H]C([2H])([2H])c1cc(-c2[c-]cccc2)ncc1-c1ccccc1.[Ir]. The fourth-order valence-corrected chi connectivity index (χ4v) is 6.07. The van der Waals surface area contributed by atoms with E-state index in [1.165, 1.54) is 10.8 Å². The zero-order chi connectivity index (χ0) is 30.3. The van der Waals surface area contributed by atoms with Gasteiger partial charge in [0.25, 0.3) is 0 Å². The molecular formula is C36H38IrN2Si-2. The van der Waals surface area contributed by atoms with E-state index < -0.39 is 14.9 Å². The Kier molecular flexibility index (Phi) is 9.76. The maximum Gasteiger partial charge on any atom is 0.0798 e. The van der Waals surface area contributed by atoms with E-state index in [-0.39, 0.29) is 20.1 Å². The first-order chi connectivity index (χ1) is 19.9. The zero-order valence-corrected chi connectivity index (χ0v) is 27.2. The fraction of sp³-hybridized carbons (Fsp3) is 0.222. The summed E-state index contributed by atoms with van der Waals surface area (Å²) >= 11 is 0. The van der Waals surface area contributed by atoms with Gasteiger partial charge in [0.05, 0.1) is 8.07 Å². The molecule has 0 spiro atoms. The van der Waals surface area contributed by atoms with Gasteiger partial charge in [-0.15, -0.1) is 71.8 Å². The predicted molar refractivity (Wildman–Crippen MR) is 169 cm³/mol. The van der Waals surface area contributed by atoms with Gasteiger partial charge in [-0.1, -0.05) is 81.5 Å². The molecule has 0 saturated carbocycles. The molecule has 2 heterocycles. The monoisotopic (exact) mass is 722 g/mol. The van der Waals surface area contributed by atoms with Crippen molar-refractivity contribution >= 4 is 13.3 Å². The third kappa shape index (κ3) is 8.41. The number of nitrogens with zero attached hydrogens (tertiary/aromatic N) is 2. The molecule has 1 radical (unpaired) electrons. The van der Waals surface area contributed by atoms with Gasteiger partial charge in [-0.25, -0.2) is 0 Å². The van der Waals surface area contributed by atoms with Gasteiger partial charge in [-0.05, 0) is 46.9 Å². The minimum Gasteiger partial charge on any atom is -0.305 e. The summed E-state index contributed by atoms with van der Waals surface area (Å²) in [5, 5.41) is 1.49. The van der Waals surface area contributed by atoms with Gasteiger partial charge in [0.15, 0.2) is 0 Å². The molecule has 2 nitrogen and oxygen atoms in total. The van der Waals surface area contributed by atoms with Gasteiger partial charge >= 0.3 is 0 Å². The van der Waals surface area contributed by atoms with Gasteiger partial charge in [-0.3, -0.25) is 0 Å². The molecule has 4 heteroatoms. The normalized spacial score (nSPS) is 12.3. The predicted octanol–water partition coefficient (Wildman–Crippen LogP) is 8.81. The van der Waals surface area contributed by atoms with Crippen LogP contribution in [0.15, 0.2) is 103 Å². The zero-order valence-electron chi connectivity index (χ0n) is 26.8. The van der Waals surface area contributed by atoms with E-state index >= 15 is 0 Å². The number of rotatable bonds is 6. The Bertz CT molecular complexity index is 1580. The van der Waals surface area contributed by atoms with Gasteiger partial charge < -0.3 is 9.97 Å². The van der Waals surface area contributed by atoms with Crippen molar-refractivity contribution in [2.24, 2.45) is 5.92 Å². The van der Waals surface area contributed by atoms with E-state index in [0.717, 1.165) is 28.8 Å². The van der Waals surface area contributed by atoms with E-state index in [1.54, 1.807) is 18.3 Å². The minimum atomic E-state index is -2.20. The van der Waals surface area contributed by atoms with Crippen LogP contribution in [-0.2, 0) is 26.5 Å². The van der Waals surface area contributed by atoms with Crippen LogP contribution in [0, 0.1) is 24.9 Å². The van der Waals surface area contributed by atoms with Crippen molar-refractivity contribution in [1.82, 2.24) is 9.97 Å². The molecule has 0 N–H and O–H groups in total. The largest absolute Gasteiger partial charge is 0.305 e. The Hall–Kier alpha value is -3.17. The molecule has 5 aromatic rings. The van der Waals surface area contributed by atoms with E-state index in [4.69, 9.17) is 4.11 Å². The van der Waals surface area contributed by atoms with Crippen molar-refractivity contribution in [3.8, 4) is 33.6 Å². The van der Waals surface area contributed by atoms with Crippen LogP contribution >= 0.6 is 0 Å². The molecular weight excluding hydrogens is 681 g/mol. The Morgan fingerprint density at radius 1 is 0.775 bits per heavy atom. The number of aryl methyl sites for hydroxylation is 1. The molecule has 0 atom stereocenters. The Labute approximate surface area is 259 Å². The van der Waals surface area contributed by atoms with Gasteiger partial charge in [-0.2, -0.15) is 0 Å². The topological polar surface area (TPSA) is 25.8 Å². The summed E-state index contributed by atoms with van der Waals surface area (Å²) in [5.74, 6) is 0.667. The first-order valence-electron chi connectivity index (χ1n) is 14.9. The summed E-state index contributed by atoms with van der Waals surface area (Å²) < 4.78 is 23.5. The molecule has 5 rings (SSSR count). The second-order valence-electron chi connectivity index (χ2n) is 11.1. The van der Waals surface area contributed by atoms with Crippen molar-refractivity contribution in [3.63, 3.8) is 0 Å². The third-order valence-electron chi connectivity index (χ3n) is 6.38. The number of hydrogen-bond donors (Lipinski definition) is 0. The smallest absolute Gasteiger partial charge is 0.0798 e. The van der Waals surface area contributed by atoms with Gasteiger partial charge in [0, 0.05) is 42.2 Å². The molecule has 0 aliphatic rings. The van der Waals surface area contributed by atoms with Crippen molar-refractivity contribution in [2.45, 2.75) is 46.8 Å². The molecule has 3 aromatic carbocycles. The molecule has 0 bridgehead atoms. The Balaban J connectivity index is 0.000000231. The van der Waals surface area contributed by atoms with Crippen LogP contribution in [0.4, 0.5) is 0 Å². The average molecular weight is 722 g/mol. The number of aromatic nitrogens is 2. The van der Waals surface area contributed by atoms with Crippen LogP contribution < -0.4 is 5.19 Å². The molecule has 0 amide bonds. The van der Waals surface area contributed by atoms with Gasteiger partial charge in [0.2, 0.25) is 0 Å². The van der Waals surface area contributed by atoms with E-state index in [9.17, 15) is 0 Å². The summed E-state index contributed by atoms with van der Waals surface area (Å²) in [4.78, 5) is 9.11. The maximum absolute atomic E-state index is 7.82.